The van der Waals surface area contributed by atoms with Crippen LogP contribution in [0.2, 0.25) is 5.02 Å². The molecule has 0 spiro atoms. The zero-order chi connectivity index (χ0) is 22.0. The van der Waals surface area contributed by atoms with Crippen molar-refractivity contribution in [3.63, 3.8) is 0 Å². The first kappa shape index (κ1) is 21.6. The minimum absolute atomic E-state index is 0.0949. The zero-order valence-corrected chi connectivity index (χ0v) is 19.4. The van der Waals surface area contributed by atoms with Crippen molar-refractivity contribution in [1.29, 1.82) is 0 Å². The van der Waals surface area contributed by atoms with Crippen LogP contribution in [0.3, 0.4) is 0 Å². The maximum Gasteiger partial charge on any atom is 0.260 e. The molecule has 0 aliphatic heterocycles. The summed E-state index contributed by atoms with van der Waals surface area (Å²) in [6.45, 7) is 9.38. The van der Waals surface area contributed by atoms with E-state index in [1.807, 2.05) is 25.1 Å². The summed E-state index contributed by atoms with van der Waals surface area (Å²) in [4.78, 5) is 31.1. The van der Waals surface area contributed by atoms with Crippen LogP contribution in [-0.4, -0.2) is 51.9 Å². The Morgan fingerprint density at radius 3 is 2.52 bits per heavy atom. The summed E-state index contributed by atoms with van der Waals surface area (Å²) in [7, 11) is 0. The average Bonchev–Trinajstić information content (AvgIpc) is 3.23. The summed E-state index contributed by atoms with van der Waals surface area (Å²) >= 11 is 7.81. The van der Waals surface area contributed by atoms with E-state index in [-0.39, 0.29) is 5.91 Å². The highest BCUT2D eigenvalue weighted by Crippen LogP contribution is 2.34. The summed E-state index contributed by atoms with van der Waals surface area (Å²) in [5.41, 5.74) is 3.81. The molecule has 31 heavy (non-hydrogen) atoms. The van der Waals surface area contributed by atoms with E-state index in [9.17, 15) is 4.79 Å². The van der Waals surface area contributed by atoms with E-state index in [1.54, 1.807) is 29.4 Å². The second kappa shape index (κ2) is 9.26. The fourth-order valence-electron chi connectivity index (χ4n) is 3.52. The lowest BCUT2D eigenvalue weighted by atomic mass is 10.1. The fraction of sp³-hybridized carbons (Fsp3) is 0.304. The second-order valence-corrected chi connectivity index (χ2v) is 8.68. The Hall–Kier alpha value is -2.61. The van der Waals surface area contributed by atoms with Gasteiger partial charge in [0.25, 0.3) is 5.91 Å². The van der Waals surface area contributed by atoms with Gasteiger partial charge in [0.05, 0.1) is 21.3 Å². The second-order valence-electron chi connectivity index (χ2n) is 7.26. The third kappa shape index (κ3) is 4.39. The fourth-order valence-corrected chi connectivity index (χ4v) is 4.72. The summed E-state index contributed by atoms with van der Waals surface area (Å²) in [6, 6.07) is 9.28. The summed E-state index contributed by atoms with van der Waals surface area (Å²) in [6.07, 6.45) is 3.28. The molecule has 0 aliphatic rings. The van der Waals surface area contributed by atoms with Crippen LogP contribution in [0.25, 0.3) is 21.3 Å². The van der Waals surface area contributed by atoms with Gasteiger partial charge in [-0.15, -0.1) is 0 Å². The van der Waals surface area contributed by atoms with Crippen molar-refractivity contribution in [1.82, 2.24) is 19.9 Å². The maximum atomic E-state index is 13.6. The van der Waals surface area contributed by atoms with Crippen LogP contribution in [0.1, 0.15) is 29.8 Å². The molecule has 0 N–H and O–H groups in total. The number of carbonyl (C=O) groups is 1. The first-order valence-electron chi connectivity index (χ1n) is 10.3. The van der Waals surface area contributed by atoms with Crippen LogP contribution < -0.4 is 4.90 Å². The smallest absolute Gasteiger partial charge is 0.260 e. The van der Waals surface area contributed by atoms with E-state index >= 15 is 0 Å². The molecule has 0 unspecified atom stereocenters. The topological polar surface area (TPSA) is 62.2 Å². The van der Waals surface area contributed by atoms with Gasteiger partial charge in [-0.05, 0) is 55.9 Å². The van der Waals surface area contributed by atoms with Gasteiger partial charge in [0.15, 0.2) is 5.13 Å². The van der Waals surface area contributed by atoms with Crippen molar-refractivity contribution < 1.29 is 4.79 Å². The van der Waals surface area contributed by atoms with Gasteiger partial charge >= 0.3 is 0 Å². The number of hydrogen-bond donors (Lipinski definition) is 0. The normalized spacial score (nSPS) is 11.5. The number of benzene rings is 2. The molecule has 0 fully saturated rings. The summed E-state index contributed by atoms with van der Waals surface area (Å²) in [5.74, 6) is -0.0949. The van der Waals surface area contributed by atoms with E-state index in [0.717, 1.165) is 40.9 Å². The Kier molecular flexibility index (Phi) is 6.46. The van der Waals surface area contributed by atoms with Gasteiger partial charge in [-0.3, -0.25) is 19.7 Å². The molecule has 8 heteroatoms. The van der Waals surface area contributed by atoms with Gasteiger partial charge in [-0.25, -0.2) is 4.98 Å². The van der Waals surface area contributed by atoms with Gasteiger partial charge in [-0.2, -0.15) is 0 Å². The predicted molar refractivity (Wildman–Crippen MR) is 128 cm³/mol. The highest BCUT2D eigenvalue weighted by Gasteiger charge is 2.23. The molecule has 1 amide bonds. The summed E-state index contributed by atoms with van der Waals surface area (Å²) in [5, 5.41) is 1.36. The van der Waals surface area contributed by atoms with Gasteiger partial charge < -0.3 is 4.90 Å². The predicted octanol–water partition coefficient (Wildman–Crippen LogP) is 5.19. The van der Waals surface area contributed by atoms with Crippen molar-refractivity contribution in [2.24, 2.45) is 0 Å². The van der Waals surface area contributed by atoms with Crippen LogP contribution in [0.15, 0.2) is 42.7 Å². The number of amides is 1. The van der Waals surface area contributed by atoms with E-state index in [0.29, 0.717) is 27.8 Å². The molecule has 6 nitrogen and oxygen atoms in total. The van der Waals surface area contributed by atoms with Crippen molar-refractivity contribution in [2.45, 2.75) is 20.8 Å². The number of carbonyl (C=O) groups excluding carboxylic acids is 1. The molecule has 2 aromatic heterocycles. The lowest BCUT2D eigenvalue weighted by molar-refractivity contribution is 0.0984. The van der Waals surface area contributed by atoms with Crippen molar-refractivity contribution in [3.05, 3.63) is 58.9 Å². The van der Waals surface area contributed by atoms with Crippen LogP contribution >= 0.6 is 22.9 Å². The molecule has 4 aromatic rings. The minimum Gasteiger partial charge on any atom is -0.302 e. The number of aromatic nitrogens is 3. The van der Waals surface area contributed by atoms with Gasteiger partial charge in [-0.1, -0.05) is 36.8 Å². The third-order valence-electron chi connectivity index (χ3n) is 5.46. The van der Waals surface area contributed by atoms with Crippen LogP contribution in [0.4, 0.5) is 5.13 Å². The number of halogens is 1. The Balaban J connectivity index is 1.74. The van der Waals surface area contributed by atoms with Crippen LogP contribution in [-0.2, 0) is 0 Å². The molecular formula is C23H24ClN5OS. The Morgan fingerprint density at radius 2 is 1.77 bits per heavy atom. The molecule has 2 aromatic carbocycles. The average molecular weight is 454 g/mol. The Labute approximate surface area is 190 Å². The van der Waals surface area contributed by atoms with E-state index < -0.39 is 0 Å². The SMILES string of the molecule is CCN(CC)CCN(C(=O)c1ccc2nccnc2c1)c1nc2c(C)c(Cl)ccc2s1. The highest BCUT2D eigenvalue weighted by molar-refractivity contribution is 7.22. The third-order valence-corrected chi connectivity index (χ3v) is 6.92. The van der Waals surface area contributed by atoms with Crippen LogP contribution in [0, 0.1) is 6.92 Å². The van der Waals surface area contributed by atoms with Crippen molar-refractivity contribution in [2.75, 3.05) is 31.1 Å². The largest absolute Gasteiger partial charge is 0.302 e. The summed E-state index contributed by atoms with van der Waals surface area (Å²) < 4.78 is 1.02. The number of rotatable bonds is 7. The van der Waals surface area contributed by atoms with Crippen LogP contribution in [0.5, 0.6) is 0 Å². The zero-order valence-electron chi connectivity index (χ0n) is 17.8. The molecule has 4 rings (SSSR count). The monoisotopic (exact) mass is 453 g/mol. The van der Waals surface area contributed by atoms with E-state index in [4.69, 9.17) is 16.6 Å². The number of thiazole rings is 1. The molecule has 0 saturated carbocycles. The first-order chi connectivity index (χ1) is 15.0. The highest BCUT2D eigenvalue weighted by atomic mass is 35.5. The molecule has 0 bridgehead atoms. The standard InChI is InChI=1S/C23H24ClN5OS/c1-4-28(5-2)12-13-29(23-27-21-15(3)17(24)7-9-20(21)31-23)22(30)16-6-8-18-19(14-16)26-11-10-25-18/h6-11,14H,4-5,12-13H2,1-3H3. The van der Waals surface area contributed by atoms with Gasteiger partial charge in [0.2, 0.25) is 0 Å². The van der Waals surface area contributed by atoms with Gasteiger partial charge in [0, 0.05) is 36.1 Å². The number of aryl methyl sites for hydroxylation is 1. The Morgan fingerprint density at radius 1 is 1.03 bits per heavy atom. The molecule has 0 aliphatic carbocycles. The quantitative estimate of drug-likeness (QED) is 0.385. The lowest BCUT2D eigenvalue weighted by Crippen LogP contribution is -2.38. The van der Waals surface area contributed by atoms with Gasteiger partial charge in [0.1, 0.15) is 0 Å². The van der Waals surface area contributed by atoms with E-state index in [1.165, 1.54) is 11.3 Å². The number of hydrogen-bond acceptors (Lipinski definition) is 6. The first-order valence-corrected chi connectivity index (χ1v) is 11.5. The maximum absolute atomic E-state index is 13.6. The van der Waals surface area contributed by atoms with Crippen molar-refractivity contribution in [3.8, 4) is 0 Å². The number of nitrogens with zero attached hydrogens (tertiary/aromatic N) is 5. The molecular weight excluding hydrogens is 430 g/mol. The Bertz CT molecular complexity index is 1240. The minimum atomic E-state index is -0.0949. The molecule has 0 atom stereocenters. The van der Waals surface area contributed by atoms with Crippen molar-refractivity contribution >= 4 is 55.2 Å². The molecule has 160 valence electrons. The molecule has 0 radical (unpaired) electrons. The molecule has 0 saturated heterocycles. The van der Waals surface area contributed by atoms with E-state index in [2.05, 4.69) is 28.7 Å². The number of anilines is 1. The molecule has 2 heterocycles. The number of fused-ring (bicyclic) bond motifs is 2. The lowest BCUT2D eigenvalue weighted by Gasteiger charge is -2.24. The number of likely N-dealkylation sites (N-methyl/N-ethyl adjacent to an activating group) is 1.